The fourth-order valence-corrected chi connectivity index (χ4v) is 4.40. The van der Waals surface area contributed by atoms with Gasteiger partial charge in [0.15, 0.2) is 0 Å². The number of amides is 1. The second-order valence-corrected chi connectivity index (χ2v) is 8.38. The van der Waals surface area contributed by atoms with E-state index in [0.29, 0.717) is 16.3 Å². The van der Waals surface area contributed by atoms with Crippen LogP contribution in [0.1, 0.15) is 35.2 Å². The van der Waals surface area contributed by atoms with Gasteiger partial charge in [-0.3, -0.25) is 9.69 Å². The number of hydrogen-bond donors (Lipinski definition) is 2. The monoisotopic (exact) mass is 433 g/mol. The van der Waals surface area contributed by atoms with Crippen molar-refractivity contribution in [1.29, 1.82) is 0 Å². The van der Waals surface area contributed by atoms with E-state index in [1.807, 2.05) is 37.4 Å². The predicted octanol–water partition coefficient (Wildman–Crippen LogP) is 6.29. The number of likely N-dealkylation sites (tertiary alicyclic amines) is 1. The third-order valence-electron chi connectivity index (χ3n) is 5.79. The number of hydrogen-bond acceptors (Lipinski definition) is 3. The van der Waals surface area contributed by atoms with E-state index in [-0.39, 0.29) is 5.91 Å². The first kappa shape index (κ1) is 21.4. The fourth-order valence-electron chi connectivity index (χ4n) is 4.12. The maximum atomic E-state index is 13.0. The van der Waals surface area contributed by atoms with Crippen molar-refractivity contribution in [1.82, 2.24) is 4.90 Å². The first-order chi connectivity index (χ1) is 15.1. The lowest BCUT2D eigenvalue weighted by Crippen LogP contribution is -2.29. The summed E-state index contributed by atoms with van der Waals surface area (Å²) in [6.07, 6.45) is 3.79. The van der Waals surface area contributed by atoms with Crippen molar-refractivity contribution in [2.45, 2.75) is 25.8 Å². The summed E-state index contributed by atoms with van der Waals surface area (Å²) in [7, 11) is 1.82. The Morgan fingerprint density at radius 1 is 0.968 bits per heavy atom. The number of anilines is 2. The Labute approximate surface area is 189 Å². The molecule has 0 radical (unpaired) electrons. The Kier molecular flexibility index (Phi) is 6.90. The van der Waals surface area contributed by atoms with Gasteiger partial charge in [0.25, 0.3) is 5.91 Å². The Morgan fingerprint density at radius 2 is 1.74 bits per heavy atom. The van der Waals surface area contributed by atoms with Gasteiger partial charge in [-0.1, -0.05) is 54.4 Å². The third kappa shape index (κ3) is 5.27. The number of carbonyl (C=O) groups is 1. The molecule has 2 N–H and O–H groups in total. The molecule has 0 bridgehead atoms. The van der Waals surface area contributed by atoms with Crippen LogP contribution >= 0.6 is 11.6 Å². The first-order valence-electron chi connectivity index (χ1n) is 10.8. The zero-order chi connectivity index (χ0) is 21.6. The summed E-state index contributed by atoms with van der Waals surface area (Å²) in [5.41, 5.74) is 5.71. The summed E-state index contributed by atoms with van der Waals surface area (Å²) in [6, 6.07) is 21.9. The molecular formula is C26H28ClN3O. The fraction of sp³-hybridized carbons (Fsp3) is 0.269. The van der Waals surface area contributed by atoms with Crippen LogP contribution in [0.5, 0.6) is 0 Å². The summed E-state index contributed by atoms with van der Waals surface area (Å²) >= 11 is 6.26. The van der Waals surface area contributed by atoms with Gasteiger partial charge in [-0.2, -0.15) is 0 Å². The summed E-state index contributed by atoms with van der Waals surface area (Å²) in [4.78, 5) is 15.5. The lowest BCUT2D eigenvalue weighted by molar-refractivity contribution is 0.102. The van der Waals surface area contributed by atoms with Crippen molar-refractivity contribution in [3.63, 3.8) is 0 Å². The smallest absolute Gasteiger partial charge is 0.255 e. The van der Waals surface area contributed by atoms with Crippen LogP contribution in [0.2, 0.25) is 5.02 Å². The van der Waals surface area contributed by atoms with Crippen molar-refractivity contribution in [3.05, 3.63) is 82.9 Å². The summed E-state index contributed by atoms with van der Waals surface area (Å²) < 4.78 is 0. The second kappa shape index (κ2) is 9.99. The Morgan fingerprint density at radius 3 is 2.45 bits per heavy atom. The van der Waals surface area contributed by atoms with E-state index in [1.165, 1.54) is 36.0 Å². The molecule has 0 saturated carbocycles. The third-order valence-corrected chi connectivity index (χ3v) is 6.10. The van der Waals surface area contributed by atoms with Gasteiger partial charge in [-0.05, 0) is 73.0 Å². The summed E-state index contributed by atoms with van der Waals surface area (Å²) in [6.45, 7) is 3.08. The van der Waals surface area contributed by atoms with Crippen LogP contribution in [-0.2, 0) is 6.54 Å². The number of halogens is 1. The van der Waals surface area contributed by atoms with Crippen molar-refractivity contribution in [3.8, 4) is 11.1 Å². The molecular weight excluding hydrogens is 406 g/mol. The zero-order valence-corrected chi connectivity index (χ0v) is 18.6. The van der Waals surface area contributed by atoms with E-state index < -0.39 is 0 Å². The van der Waals surface area contributed by atoms with Crippen LogP contribution < -0.4 is 10.6 Å². The normalized spacial score (nSPS) is 14.3. The molecule has 0 aromatic heterocycles. The Bertz CT molecular complexity index is 1050. The lowest BCUT2D eigenvalue weighted by Gasteiger charge is -2.27. The molecule has 4 rings (SSSR count). The maximum Gasteiger partial charge on any atom is 0.255 e. The van der Waals surface area contributed by atoms with Gasteiger partial charge >= 0.3 is 0 Å². The number of rotatable bonds is 6. The van der Waals surface area contributed by atoms with Gasteiger partial charge < -0.3 is 10.6 Å². The maximum absolute atomic E-state index is 13.0. The molecule has 5 heteroatoms. The van der Waals surface area contributed by atoms with Gasteiger partial charge in [0.1, 0.15) is 0 Å². The van der Waals surface area contributed by atoms with Crippen LogP contribution in [0.25, 0.3) is 11.1 Å². The van der Waals surface area contributed by atoms with E-state index in [4.69, 9.17) is 11.6 Å². The minimum atomic E-state index is -0.132. The second-order valence-electron chi connectivity index (χ2n) is 7.97. The molecule has 1 aliphatic rings. The molecule has 1 fully saturated rings. The molecule has 1 saturated heterocycles. The number of nitrogens with zero attached hydrogens (tertiary/aromatic N) is 1. The predicted molar refractivity (Wildman–Crippen MR) is 130 cm³/mol. The van der Waals surface area contributed by atoms with Crippen LogP contribution in [0, 0.1) is 0 Å². The Hall–Kier alpha value is -2.82. The van der Waals surface area contributed by atoms with Crippen LogP contribution in [-0.4, -0.2) is 30.9 Å². The number of carbonyl (C=O) groups excluding carboxylic acids is 1. The molecule has 31 heavy (non-hydrogen) atoms. The minimum Gasteiger partial charge on any atom is -0.387 e. The molecule has 3 aromatic carbocycles. The standard InChI is InChI=1S/C26H28ClN3O/c1-28-25-13-11-22(17-24(25)27)29-26(31)20-10-12-23(19-8-4-2-5-9-19)21(16-20)18-30-14-6-3-7-15-30/h2,4-5,8-13,16-17,28H,3,6-7,14-15,18H2,1H3,(H,29,31). The topological polar surface area (TPSA) is 44.4 Å². The molecule has 1 amide bonds. The van der Waals surface area contributed by atoms with Gasteiger partial charge in [-0.25, -0.2) is 0 Å². The lowest BCUT2D eigenvalue weighted by atomic mass is 9.96. The molecule has 0 aliphatic carbocycles. The van der Waals surface area contributed by atoms with Crippen LogP contribution in [0.3, 0.4) is 0 Å². The van der Waals surface area contributed by atoms with Gasteiger partial charge in [-0.15, -0.1) is 0 Å². The number of piperidine rings is 1. The first-order valence-corrected chi connectivity index (χ1v) is 11.2. The van der Waals surface area contributed by atoms with Crippen LogP contribution in [0.15, 0.2) is 66.7 Å². The molecule has 0 spiro atoms. The van der Waals surface area contributed by atoms with Gasteiger partial charge in [0, 0.05) is 24.8 Å². The molecule has 0 atom stereocenters. The van der Waals surface area contributed by atoms with E-state index in [9.17, 15) is 4.79 Å². The largest absolute Gasteiger partial charge is 0.387 e. The quantitative estimate of drug-likeness (QED) is 0.480. The van der Waals surface area contributed by atoms with Gasteiger partial charge in [0.2, 0.25) is 0 Å². The molecule has 3 aromatic rings. The highest BCUT2D eigenvalue weighted by molar-refractivity contribution is 6.33. The molecule has 1 heterocycles. The average Bonchev–Trinajstić information content (AvgIpc) is 2.80. The highest BCUT2D eigenvalue weighted by Crippen LogP contribution is 2.28. The zero-order valence-electron chi connectivity index (χ0n) is 17.8. The highest BCUT2D eigenvalue weighted by atomic mass is 35.5. The minimum absolute atomic E-state index is 0.132. The SMILES string of the molecule is CNc1ccc(NC(=O)c2ccc(-c3ccccc3)c(CN3CCCCC3)c2)cc1Cl. The number of nitrogens with one attached hydrogen (secondary N) is 2. The van der Waals surface area contributed by atoms with E-state index >= 15 is 0 Å². The van der Waals surface area contributed by atoms with Crippen molar-refractivity contribution >= 4 is 28.9 Å². The summed E-state index contributed by atoms with van der Waals surface area (Å²) in [5.74, 6) is -0.132. The van der Waals surface area contributed by atoms with Crippen LogP contribution in [0.4, 0.5) is 11.4 Å². The molecule has 160 valence electrons. The van der Waals surface area contributed by atoms with Crippen molar-refractivity contribution in [2.75, 3.05) is 30.8 Å². The number of benzene rings is 3. The van der Waals surface area contributed by atoms with E-state index in [2.05, 4.69) is 45.9 Å². The molecule has 1 aliphatic heterocycles. The molecule has 4 nitrogen and oxygen atoms in total. The summed E-state index contributed by atoms with van der Waals surface area (Å²) in [5, 5.41) is 6.58. The molecule has 0 unspecified atom stereocenters. The van der Waals surface area contributed by atoms with Crippen molar-refractivity contribution < 1.29 is 4.79 Å². The highest BCUT2D eigenvalue weighted by Gasteiger charge is 2.16. The average molecular weight is 434 g/mol. The Balaban J connectivity index is 1.61. The van der Waals surface area contributed by atoms with Gasteiger partial charge in [0.05, 0.1) is 10.7 Å². The van der Waals surface area contributed by atoms with E-state index in [1.54, 1.807) is 6.07 Å². The van der Waals surface area contributed by atoms with Crippen molar-refractivity contribution in [2.24, 2.45) is 0 Å². The van der Waals surface area contributed by atoms with E-state index in [0.717, 1.165) is 25.3 Å².